The van der Waals surface area contributed by atoms with Crippen molar-refractivity contribution in [3.8, 4) is 5.75 Å². The van der Waals surface area contributed by atoms with Crippen molar-refractivity contribution >= 4 is 17.8 Å². The molecular formula is C34H39FN6O6. The van der Waals surface area contributed by atoms with Gasteiger partial charge in [-0.3, -0.25) is 15.0 Å². The highest BCUT2D eigenvalue weighted by Gasteiger charge is 2.54. The molecule has 0 unspecified atom stereocenters. The Bertz CT molecular complexity index is 1620. The number of aliphatic hydroxyl groups is 1. The second kappa shape index (κ2) is 16.0. The van der Waals surface area contributed by atoms with E-state index in [1.165, 1.54) is 6.07 Å². The minimum atomic E-state index is -1.71. The largest absolute Gasteiger partial charge is 0.494 e. The summed E-state index contributed by atoms with van der Waals surface area (Å²) in [5, 5.41) is 12.8. The highest BCUT2D eigenvalue weighted by Crippen LogP contribution is 2.44. The molecular weight excluding hydrogens is 607 g/mol. The average Bonchev–Trinajstić information content (AvgIpc) is 3.44. The number of aliphatic imine (C=N–C) groups is 1. The van der Waals surface area contributed by atoms with Crippen molar-refractivity contribution in [1.82, 2.24) is 10.9 Å². The normalized spacial score (nSPS) is 17.2. The van der Waals surface area contributed by atoms with Crippen molar-refractivity contribution in [3.63, 3.8) is 0 Å². The maximum absolute atomic E-state index is 14.3. The zero-order valence-electron chi connectivity index (χ0n) is 26.6. The second-order valence-electron chi connectivity index (χ2n) is 11.9. The fourth-order valence-corrected chi connectivity index (χ4v) is 5.04. The minimum Gasteiger partial charge on any atom is -0.494 e. The van der Waals surface area contributed by atoms with Crippen LogP contribution in [0, 0.1) is 5.82 Å². The van der Waals surface area contributed by atoms with Crippen molar-refractivity contribution < 1.29 is 33.3 Å². The van der Waals surface area contributed by atoms with E-state index in [4.69, 9.17) is 29.8 Å². The highest BCUT2D eigenvalue weighted by atomic mass is 19.1. The third-order valence-corrected chi connectivity index (χ3v) is 7.24. The van der Waals surface area contributed by atoms with Crippen molar-refractivity contribution in [3.05, 3.63) is 111 Å². The number of amides is 1. The molecule has 47 heavy (non-hydrogen) atoms. The molecule has 0 fully saturated rings. The van der Waals surface area contributed by atoms with Gasteiger partial charge in [-0.05, 0) is 74.2 Å². The summed E-state index contributed by atoms with van der Waals surface area (Å²) < 4.78 is 32.0. The first kappa shape index (κ1) is 34.9. The van der Waals surface area contributed by atoms with Gasteiger partial charge in [-0.15, -0.1) is 0 Å². The molecule has 1 aliphatic heterocycles. The van der Waals surface area contributed by atoms with Crippen LogP contribution >= 0.6 is 0 Å². The first-order valence-corrected chi connectivity index (χ1v) is 15.2. The first-order chi connectivity index (χ1) is 22.6. The van der Waals surface area contributed by atoms with Crippen molar-refractivity contribution in [2.24, 2.45) is 10.1 Å². The molecule has 0 bridgehead atoms. The standard InChI is InChI=1S/C34H39FN6O6/c1-33(2,3)47-29(43)17-18-34(32(44)40-37-22-25-10-5-7-12-28(25)35)30(27-11-6-4-9-24(27)21-38-41-36)46-31(39-34)23-13-15-26(16-14-23)45-20-8-19-42/h4-7,9-16,30,37,42H,8,17-22H2,1-3H3,(H,40,44)/t30-,34-/m0/s1. The molecule has 248 valence electrons. The van der Waals surface area contributed by atoms with Gasteiger partial charge in [0, 0.05) is 42.0 Å². The van der Waals surface area contributed by atoms with Crippen LogP contribution in [-0.2, 0) is 32.2 Å². The number of hydrogen-bond donors (Lipinski definition) is 3. The lowest BCUT2D eigenvalue weighted by Gasteiger charge is -2.31. The number of halogens is 1. The Morgan fingerprint density at radius 3 is 2.47 bits per heavy atom. The van der Waals surface area contributed by atoms with Crippen molar-refractivity contribution in [1.29, 1.82) is 0 Å². The summed E-state index contributed by atoms with van der Waals surface area (Å²) in [5.74, 6) is -0.877. The predicted molar refractivity (Wildman–Crippen MR) is 172 cm³/mol. The highest BCUT2D eigenvalue weighted by molar-refractivity contribution is 6.01. The van der Waals surface area contributed by atoms with Gasteiger partial charge in [0.25, 0.3) is 5.91 Å². The summed E-state index contributed by atoms with van der Waals surface area (Å²) in [4.78, 5) is 35.0. The summed E-state index contributed by atoms with van der Waals surface area (Å²) >= 11 is 0. The lowest BCUT2D eigenvalue weighted by molar-refractivity contribution is -0.155. The molecule has 1 heterocycles. The van der Waals surface area contributed by atoms with E-state index >= 15 is 0 Å². The lowest BCUT2D eigenvalue weighted by Crippen LogP contribution is -2.53. The molecule has 12 nitrogen and oxygen atoms in total. The van der Waals surface area contributed by atoms with Crippen LogP contribution in [0.2, 0.25) is 0 Å². The molecule has 0 saturated heterocycles. The molecule has 3 aromatic carbocycles. The van der Waals surface area contributed by atoms with Crippen LogP contribution in [0.4, 0.5) is 4.39 Å². The van der Waals surface area contributed by atoms with E-state index < -0.39 is 34.9 Å². The van der Waals surface area contributed by atoms with Crippen LogP contribution in [0.3, 0.4) is 0 Å². The molecule has 3 N–H and O–H groups in total. The van der Waals surface area contributed by atoms with Crippen LogP contribution in [0.1, 0.15) is 68.4 Å². The summed E-state index contributed by atoms with van der Waals surface area (Å²) in [6, 6.07) is 20.1. The second-order valence-corrected chi connectivity index (χ2v) is 11.9. The van der Waals surface area contributed by atoms with Crippen LogP contribution in [-0.4, -0.2) is 47.2 Å². The molecule has 0 radical (unpaired) electrons. The number of azide groups is 1. The number of carbonyl (C=O) groups is 2. The fourth-order valence-electron chi connectivity index (χ4n) is 5.04. The number of esters is 1. The number of aliphatic hydroxyl groups excluding tert-OH is 1. The van der Waals surface area contributed by atoms with Gasteiger partial charge in [0.2, 0.25) is 5.90 Å². The van der Waals surface area contributed by atoms with Gasteiger partial charge < -0.3 is 19.3 Å². The van der Waals surface area contributed by atoms with E-state index in [2.05, 4.69) is 20.9 Å². The maximum Gasteiger partial charge on any atom is 0.306 e. The quantitative estimate of drug-likeness (QED) is 0.0483. The van der Waals surface area contributed by atoms with E-state index in [1.807, 2.05) is 0 Å². The zero-order chi connectivity index (χ0) is 33.9. The van der Waals surface area contributed by atoms with E-state index in [-0.39, 0.29) is 38.4 Å². The Hall–Kier alpha value is -4.97. The average molecular weight is 647 g/mol. The summed E-state index contributed by atoms with van der Waals surface area (Å²) in [7, 11) is 0. The van der Waals surface area contributed by atoms with Gasteiger partial charge in [0.1, 0.15) is 17.2 Å². The van der Waals surface area contributed by atoms with E-state index in [9.17, 15) is 14.0 Å². The number of hydrogen-bond acceptors (Lipinski definition) is 9. The Labute approximate surface area is 272 Å². The Balaban J connectivity index is 1.75. The van der Waals surface area contributed by atoms with Gasteiger partial charge in [-0.1, -0.05) is 47.6 Å². The van der Waals surface area contributed by atoms with Crippen LogP contribution in [0.15, 0.2) is 82.9 Å². The Kier molecular flexibility index (Phi) is 11.9. The molecule has 1 aliphatic rings. The third kappa shape index (κ3) is 9.29. The molecule has 2 atom stereocenters. The van der Waals surface area contributed by atoms with Crippen molar-refractivity contribution in [2.75, 3.05) is 13.2 Å². The number of nitrogens with one attached hydrogen (secondary N) is 2. The van der Waals surface area contributed by atoms with Crippen molar-refractivity contribution in [2.45, 2.75) is 70.4 Å². The summed E-state index contributed by atoms with van der Waals surface area (Å²) in [5.41, 5.74) is 14.1. The summed E-state index contributed by atoms with van der Waals surface area (Å²) in [6.07, 6.45) is -0.859. The van der Waals surface area contributed by atoms with E-state index in [0.29, 0.717) is 41.0 Å². The van der Waals surface area contributed by atoms with E-state index in [1.54, 1.807) is 87.5 Å². The first-order valence-electron chi connectivity index (χ1n) is 15.2. The smallest absolute Gasteiger partial charge is 0.306 e. The monoisotopic (exact) mass is 646 g/mol. The molecule has 1 amide bonds. The molecule has 13 heteroatoms. The van der Waals surface area contributed by atoms with Gasteiger partial charge in [-0.25, -0.2) is 14.8 Å². The van der Waals surface area contributed by atoms with Gasteiger partial charge in [-0.2, -0.15) is 0 Å². The fraction of sp³-hybridized carbons (Fsp3) is 0.382. The van der Waals surface area contributed by atoms with Gasteiger partial charge in [0.15, 0.2) is 11.6 Å². The SMILES string of the molecule is CC(C)(C)OC(=O)CC[C@]1(C(=O)NNCc2ccccc2F)N=C(c2ccc(OCCCO)cc2)O[C@H]1c1ccccc1CN=[N+]=[N-]. The molecule has 0 aromatic heterocycles. The zero-order valence-corrected chi connectivity index (χ0v) is 26.6. The van der Waals surface area contributed by atoms with Crippen LogP contribution in [0.5, 0.6) is 5.75 Å². The Morgan fingerprint density at radius 1 is 1.09 bits per heavy atom. The number of rotatable bonds is 15. The molecule has 0 saturated carbocycles. The predicted octanol–water partition coefficient (Wildman–Crippen LogP) is 5.60. The maximum atomic E-state index is 14.3. The number of nitrogens with zero attached hydrogens (tertiary/aromatic N) is 4. The Morgan fingerprint density at radius 2 is 1.79 bits per heavy atom. The van der Waals surface area contributed by atoms with E-state index in [0.717, 1.165) is 0 Å². The number of benzene rings is 3. The topological polar surface area (TPSA) is 167 Å². The van der Waals surface area contributed by atoms with Crippen LogP contribution in [0.25, 0.3) is 10.4 Å². The molecule has 0 aliphatic carbocycles. The molecule has 4 rings (SSSR count). The minimum absolute atomic E-state index is 0.00780. The molecule has 3 aromatic rings. The number of ether oxygens (including phenoxy) is 3. The summed E-state index contributed by atoms with van der Waals surface area (Å²) in [6.45, 7) is 5.56. The van der Waals surface area contributed by atoms with Crippen LogP contribution < -0.4 is 15.6 Å². The van der Waals surface area contributed by atoms with Gasteiger partial charge >= 0.3 is 5.97 Å². The number of hydrazine groups is 1. The third-order valence-electron chi connectivity index (χ3n) is 7.24. The lowest BCUT2D eigenvalue weighted by atomic mass is 9.82. The molecule has 0 spiro atoms. The number of carbonyl (C=O) groups excluding carboxylic acids is 2. The van der Waals surface area contributed by atoms with Gasteiger partial charge in [0.05, 0.1) is 13.2 Å².